The molecule has 0 fully saturated rings. The fourth-order valence-electron chi connectivity index (χ4n) is 1.86. The van der Waals surface area contributed by atoms with Crippen molar-refractivity contribution in [3.05, 3.63) is 54.9 Å². The molecular weight excluding hydrogens is 504 g/mol. The van der Waals surface area contributed by atoms with Crippen molar-refractivity contribution in [3.8, 4) is 5.75 Å². The number of hydrazone groups is 1. The van der Waals surface area contributed by atoms with Gasteiger partial charge in [0, 0.05) is 4.90 Å². The molecule has 154 valence electrons. The third kappa shape index (κ3) is 6.84. The van der Waals surface area contributed by atoms with Crippen molar-refractivity contribution in [3.63, 3.8) is 0 Å². The Bertz CT molecular complexity index is 925. The highest BCUT2D eigenvalue weighted by atomic mass is 35.5. The van der Waals surface area contributed by atoms with E-state index in [4.69, 9.17) is 68.5 Å². The molecule has 0 spiro atoms. The van der Waals surface area contributed by atoms with Gasteiger partial charge in [-0.3, -0.25) is 9.59 Å². The van der Waals surface area contributed by atoms with Gasteiger partial charge >= 0.3 is 0 Å². The molecule has 0 bridgehead atoms. The molecule has 2 amide bonds. The molecule has 0 aliphatic rings. The third-order valence-electron chi connectivity index (χ3n) is 3.18. The number of halogens is 5. The summed E-state index contributed by atoms with van der Waals surface area (Å²) in [6.45, 7) is -0.209. The van der Waals surface area contributed by atoms with Gasteiger partial charge in [-0.25, -0.2) is 5.43 Å². The summed E-state index contributed by atoms with van der Waals surface area (Å²) in [7, 11) is 0. The van der Waals surface area contributed by atoms with Gasteiger partial charge in [-0.15, -0.1) is 11.8 Å². The number of hydrogen-bond acceptors (Lipinski definition) is 5. The van der Waals surface area contributed by atoms with Gasteiger partial charge in [0.1, 0.15) is 5.75 Å². The number of primary amides is 1. The summed E-state index contributed by atoms with van der Waals surface area (Å²) in [6.07, 6.45) is 1.44. The molecular formula is C17H12Cl5N3O3S. The van der Waals surface area contributed by atoms with E-state index >= 15 is 0 Å². The summed E-state index contributed by atoms with van der Waals surface area (Å²) in [5, 5.41) is 4.27. The average molecular weight is 516 g/mol. The second kappa shape index (κ2) is 11.2. The van der Waals surface area contributed by atoms with Crippen molar-refractivity contribution in [2.75, 3.05) is 12.4 Å². The van der Waals surface area contributed by atoms with E-state index < -0.39 is 11.8 Å². The van der Waals surface area contributed by atoms with Crippen molar-refractivity contribution in [2.45, 2.75) is 4.90 Å². The standard InChI is InChI=1S/C17H12Cl5N3O3S/c18-12-13(19)15(21)17(16(22)14(12)20)29-7-11(27)25-24-5-8-1-3-9(4-2-8)28-6-10(23)26/h1-5H,6-7H2,(H2,23,26)(H,25,27)/b24-5-. The fraction of sp³-hybridized carbons (Fsp3) is 0.118. The molecule has 6 nitrogen and oxygen atoms in total. The van der Waals surface area contributed by atoms with Gasteiger partial charge in [0.25, 0.3) is 5.91 Å². The Hall–Kier alpha value is -1.35. The lowest BCUT2D eigenvalue weighted by Crippen LogP contribution is -2.20. The lowest BCUT2D eigenvalue weighted by molar-refractivity contribution is -0.120. The predicted octanol–water partition coefficient (Wildman–Crippen LogP) is 5.06. The minimum atomic E-state index is -0.568. The number of nitrogens with zero attached hydrogens (tertiary/aromatic N) is 1. The first-order valence-corrected chi connectivity index (χ1v) is 10.6. The molecule has 0 saturated heterocycles. The van der Waals surface area contributed by atoms with Crippen LogP contribution in [-0.4, -0.2) is 30.4 Å². The normalized spacial score (nSPS) is 10.9. The summed E-state index contributed by atoms with van der Waals surface area (Å²) in [6, 6.07) is 6.66. The van der Waals surface area contributed by atoms with Crippen LogP contribution in [0.15, 0.2) is 34.3 Å². The number of carbonyl (C=O) groups excluding carboxylic acids is 2. The summed E-state index contributed by atoms with van der Waals surface area (Å²) < 4.78 is 5.14. The monoisotopic (exact) mass is 513 g/mol. The molecule has 2 aromatic carbocycles. The minimum absolute atomic E-state index is 0.0367. The maximum atomic E-state index is 12.0. The van der Waals surface area contributed by atoms with Crippen molar-refractivity contribution < 1.29 is 14.3 Å². The van der Waals surface area contributed by atoms with Crippen LogP contribution in [0.2, 0.25) is 25.1 Å². The zero-order chi connectivity index (χ0) is 21.6. The van der Waals surface area contributed by atoms with Crippen LogP contribution in [0, 0.1) is 0 Å². The molecule has 0 aromatic heterocycles. The Morgan fingerprint density at radius 1 is 1.00 bits per heavy atom. The highest BCUT2D eigenvalue weighted by molar-refractivity contribution is 8.00. The zero-order valence-electron chi connectivity index (χ0n) is 14.3. The van der Waals surface area contributed by atoms with E-state index in [1.807, 2.05) is 0 Å². The van der Waals surface area contributed by atoms with Gasteiger partial charge in [0.15, 0.2) is 6.61 Å². The zero-order valence-corrected chi connectivity index (χ0v) is 18.9. The predicted molar refractivity (Wildman–Crippen MR) is 119 cm³/mol. The largest absolute Gasteiger partial charge is 0.484 e. The van der Waals surface area contributed by atoms with Gasteiger partial charge in [0.2, 0.25) is 5.91 Å². The Morgan fingerprint density at radius 2 is 1.55 bits per heavy atom. The van der Waals surface area contributed by atoms with Gasteiger partial charge in [0.05, 0.1) is 37.1 Å². The van der Waals surface area contributed by atoms with Crippen molar-refractivity contribution in [1.82, 2.24) is 5.43 Å². The molecule has 12 heteroatoms. The van der Waals surface area contributed by atoms with Crippen molar-refractivity contribution in [1.29, 1.82) is 0 Å². The maximum Gasteiger partial charge on any atom is 0.255 e. The Kier molecular flexibility index (Phi) is 9.20. The lowest BCUT2D eigenvalue weighted by atomic mass is 10.2. The Balaban J connectivity index is 1.90. The van der Waals surface area contributed by atoms with E-state index in [1.165, 1.54) is 6.21 Å². The van der Waals surface area contributed by atoms with Crippen LogP contribution in [0.3, 0.4) is 0 Å². The van der Waals surface area contributed by atoms with E-state index in [-0.39, 0.29) is 37.5 Å². The maximum absolute atomic E-state index is 12.0. The van der Waals surface area contributed by atoms with E-state index in [0.29, 0.717) is 16.2 Å². The molecule has 0 unspecified atom stereocenters. The second-order valence-corrected chi connectivity index (χ2v) is 8.18. The van der Waals surface area contributed by atoms with Crippen LogP contribution in [0.25, 0.3) is 0 Å². The number of hydrogen-bond donors (Lipinski definition) is 2. The van der Waals surface area contributed by atoms with Gasteiger partial charge < -0.3 is 10.5 Å². The number of nitrogens with two attached hydrogens (primary N) is 1. The Morgan fingerprint density at radius 3 is 2.10 bits per heavy atom. The van der Waals surface area contributed by atoms with Gasteiger partial charge in [-0.2, -0.15) is 5.10 Å². The van der Waals surface area contributed by atoms with Crippen LogP contribution in [0.4, 0.5) is 0 Å². The lowest BCUT2D eigenvalue weighted by Gasteiger charge is -2.11. The molecule has 0 radical (unpaired) electrons. The molecule has 0 heterocycles. The molecule has 3 N–H and O–H groups in total. The summed E-state index contributed by atoms with van der Waals surface area (Å²) in [5.74, 6) is -0.523. The van der Waals surface area contributed by atoms with Crippen LogP contribution in [0.5, 0.6) is 5.75 Å². The van der Waals surface area contributed by atoms with Crippen molar-refractivity contribution >= 4 is 87.8 Å². The van der Waals surface area contributed by atoms with Gasteiger partial charge in [-0.05, 0) is 29.8 Å². The van der Waals surface area contributed by atoms with E-state index in [1.54, 1.807) is 24.3 Å². The van der Waals surface area contributed by atoms with E-state index in [0.717, 1.165) is 11.8 Å². The SMILES string of the molecule is NC(=O)COc1ccc(/C=N\NC(=O)CSc2c(Cl)c(Cl)c(Cl)c(Cl)c2Cl)cc1. The molecule has 0 aliphatic heterocycles. The minimum Gasteiger partial charge on any atom is -0.484 e. The molecule has 0 atom stereocenters. The number of nitrogens with one attached hydrogen (secondary N) is 1. The van der Waals surface area contributed by atoms with E-state index in [2.05, 4.69) is 10.5 Å². The summed E-state index contributed by atoms with van der Waals surface area (Å²) in [4.78, 5) is 23.0. The Labute approximate surface area is 195 Å². The number of ether oxygens (including phenoxy) is 1. The number of rotatable bonds is 8. The summed E-state index contributed by atoms with van der Waals surface area (Å²) in [5.41, 5.74) is 8.08. The van der Waals surface area contributed by atoms with Crippen LogP contribution in [0.1, 0.15) is 5.56 Å². The number of benzene rings is 2. The van der Waals surface area contributed by atoms with Crippen LogP contribution >= 0.6 is 69.8 Å². The molecule has 0 saturated carbocycles. The van der Waals surface area contributed by atoms with Crippen molar-refractivity contribution in [2.24, 2.45) is 10.8 Å². The molecule has 2 rings (SSSR count). The van der Waals surface area contributed by atoms with Crippen LogP contribution in [-0.2, 0) is 9.59 Å². The topological polar surface area (TPSA) is 93.8 Å². The molecule has 29 heavy (non-hydrogen) atoms. The average Bonchev–Trinajstić information content (AvgIpc) is 2.70. The molecule has 2 aromatic rings. The van der Waals surface area contributed by atoms with Crippen LogP contribution < -0.4 is 15.9 Å². The quantitative estimate of drug-likeness (QED) is 0.169. The summed E-state index contributed by atoms with van der Waals surface area (Å²) >= 11 is 31.2. The highest BCUT2D eigenvalue weighted by Crippen LogP contribution is 2.47. The number of thioether (sulfide) groups is 1. The first kappa shape index (κ1) is 23.9. The van der Waals surface area contributed by atoms with Gasteiger partial charge in [-0.1, -0.05) is 58.0 Å². The third-order valence-corrected chi connectivity index (χ3v) is 6.79. The highest BCUT2D eigenvalue weighted by Gasteiger charge is 2.20. The smallest absolute Gasteiger partial charge is 0.255 e. The second-order valence-electron chi connectivity index (χ2n) is 5.30. The number of amides is 2. The molecule has 0 aliphatic carbocycles. The first-order valence-electron chi connectivity index (χ1n) is 7.68. The first-order chi connectivity index (χ1) is 13.7. The van der Waals surface area contributed by atoms with E-state index in [9.17, 15) is 9.59 Å². The fourth-order valence-corrected chi connectivity index (χ4v) is 4.24. The number of carbonyl (C=O) groups is 2.